The van der Waals surface area contributed by atoms with Crippen LogP contribution in [0.1, 0.15) is 25.6 Å². The molecule has 0 aromatic carbocycles. The Morgan fingerprint density at radius 1 is 1.43 bits per heavy atom. The van der Waals surface area contributed by atoms with E-state index >= 15 is 0 Å². The summed E-state index contributed by atoms with van der Waals surface area (Å²) in [6.45, 7) is 4.72. The van der Waals surface area contributed by atoms with Gasteiger partial charge in [-0.2, -0.15) is 0 Å². The van der Waals surface area contributed by atoms with Gasteiger partial charge in [0.15, 0.2) is 5.82 Å². The molecule has 1 aliphatic heterocycles. The fraction of sp³-hybridized carbons (Fsp3) is 0.400. The molecule has 1 unspecified atom stereocenters. The average molecular weight is 285 g/mol. The molecular formula is C15H19N5O. The number of nitrogens with one attached hydrogen (secondary N) is 2. The number of amides is 1. The second-order valence-electron chi connectivity index (χ2n) is 5.54. The molecule has 1 saturated heterocycles. The zero-order valence-corrected chi connectivity index (χ0v) is 12.3. The summed E-state index contributed by atoms with van der Waals surface area (Å²) in [6, 6.07) is 3.67. The number of nitrogens with zero attached hydrogens (tertiary/aromatic N) is 3. The maximum atomic E-state index is 12.5. The minimum absolute atomic E-state index is 0.0213. The van der Waals surface area contributed by atoms with Crippen molar-refractivity contribution < 1.29 is 4.79 Å². The molecule has 0 saturated carbocycles. The van der Waals surface area contributed by atoms with E-state index in [1.807, 2.05) is 36.7 Å². The third kappa shape index (κ3) is 2.54. The summed E-state index contributed by atoms with van der Waals surface area (Å²) in [7, 11) is 0. The minimum Gasteiger partial charge on any atom is -0.321 e. The molecule has 0 bridgehead atoms. The summed E-state index contributed by atoms with van der Waals surface area (Å²) >= 11 is 0. The highest BCUT2D eigenvalue weighted by molar-refractivity contribution is 5.99. The summed E-state index contributed by atoms with van der Waals surface area (Å²) in [6.07, 6.45) is 7.13. The quantitative estimate of drug-likeness (QED) is 0.899. The van der Waals surface area contributed by atoms with Gasteiger partial charge < -0.3 is 10.6 Å². The van der Waals surface area contributed by atoms with E-state index in [1.54, 1.807) is 12.4 Å². The zero-order valence-electron chi connectivity index (χ0n) is 12.3. The molecule has 3 rings (SSSR count). The molecule has 0 radical (unpaired) electrons. The Morgan fingerprint density at radius 3 is 2.95 bits per heavy atom. The van der Waals surface area contributed by atoms with Gasteiger partial charge in [-0.3, -0.25) is 9.36 Å². The van der Waals surface area contributed by atoms with Crippen molar-refractivity contribution in [3.63, 3.8) is 0 Å². The summed E-state index contributed by atoms with van der Waals surface area (Å²) in [4.78, 5) is 21.1. The number of hydrogen-bond donors (Lipinski definition) is 2. The van der Waals surface area contributed by atoms with Crippen LogP contribution in [0.25, 0.3) is 5.82 Å². The molecule has 2 aromatic heterocycles. The Labute approximate surface area is 123 Å². The molecule has 6 heteroatoms. The van der Waals surface area contributed by atoms with Gasteiger partial charge in [-0.1, -0.05) is 0 Å². The number of carbonyl (C=O) groups is 1. The Morgan fingerprint density at radius 2 is 2.29 bits per heavy atom. The molecule has 1 fully saturated rings. The highest BCUT2D eigenvalue weighted by Crippen LogP contribution is 2.23. The third-order valence-corrected chi connectivity index (χ3v) is 3.96. The van der Waals surface area contributed by atoms with Gasteiger partial charge in [0.05, 0.1) is 11.2 Å². The van der Waals surface area contributed by atoms with Crippen LogP contribution in [0.4, 0.5) is 5.69 Å². The number of anilines is 1. The number of carbonyl (C=O) groups excluding carboxylic acids is 1. The standard InChI is InChI=1S/C15H19N5O/c1-11-16-9-10-20(11)13-12(5-3-7-17-13)19-14(21)15(2)6-4-8-18-15/h3,5,7,9-10,18H,4,6,8H2,1-2H3,(H,19,21). The molecule has 0 aliphatic carbocycles. The van der Waals surface area contributed by atoms with Crippen molar-refractivity contribution in [3.8, 4) is 5.82 Å². The number of hydrogen-bond acceptors (Lipinski definition) is 4. The van der Waals surface area contributed by atoms with Crippen LogP contribution in [-0.2, 0) is 4.79 Å². The van der Waals surface area contributed by atoms with Crippen LogP contribution in [0.5, 0.6) is 0 Å². The Balaban J connectivity index is 1.90. The molecule has 21 heavy (non-hydrogen) atoms. The Kier molecular flexibility index (Phi) is 3.47. The summed E-state index contributed by atoms with van der Waals surface area (Å²) < 4.78 is 1.86. The Hall–Kier alpha value is -2.21. The predicted molar refractivity (Wildman–Crippen MR) is 80.4 cm³/mol. The maximum absolute atomic E-state index is 12.5. The first-order valence-corrected chi connectivity index (χ1v) is 7.12. The number of rotatable bonds is 3. The molecule has 1 atom stereocenters. The number of aryl methyl sites for hydroxylation is 1. The molecule has 2 aromatic rings. The van der Waals surface area contributed by atoms with Gasteiger partial charge in [0, 0.05) is 18.6 Å². The topological polar surface area (TPSA) is 71.8 Å². The fourth-order valence-corrected chi connectivity index (χ4v) is 2.64. The second-order valence-corrected chi connectivity index (χ2v) is 5.54. The van der Waals surface area contributed by atoms with Gasteiger partial charge in [0.1, 0.15) is 5.82 Å². The van der Waals surface area contributed by atoms with Crippen LogP contribution in [0.3, 0.4) is 0 Å². The molecule has 1 aliphatic rings. The van der Waals surface area contributed by atoms with Crippen LogP contribution in [0, 0.1) is 6.92 Å². The highest BCUT2D eigenvalue weighted by Gasteiger charge is 2.36. The van der Waals surface area contributed by atoms with Crippen molar-refractivity contribution in [2.24, 2.45) is 0 Å². The molecule has 3 heterocycles. The number of pyridine rings is 1. The van der Waals surface area contributed by atoms with E-state index in [0.717, 1.165) is 25.2 Å². The molecule has 110 valence electrons. The zero-order chi connectivity index (χ0) is 14.9. The first-order valence-electron chi connectivity index (χ1n) is 7.12. The van der Waals surface area contributed by atoms with E-state index in [9.17, 15) is 4.79 Å². The lowest BCUT2D eigenvalue weighted by Crippen LogP contribution is -2.48. The van der Waals surface area contributed by atoms with Crippen LogP contribution in [0.2, 0.25) is 0 Å². The lowest BCUT2D eigenvalue weighted by Gasteiger charge is -2.23. The van der Waals surface area contributed by atoms with E-state index in [0.29, 0.717) is 11.5 Å². The van der Waals surface area contributed by atoms with Crippen molar-refractivity contribution in [2.45, 2.75) is 32.2 Å². The van der Waals surface area contributed by atoms with E-state index in [4.69, 9.17) is 0 Å². The van der Waals surface area contributed by atoms with Crippen LogP contribution >= 0.6 is 0 Å². The lowest BCUT2D eigenvalue weighted by atomic mass is 9.99. The average Bonchev–Trinajstić information content (AvgIpc) is 3.09. The van der Waals surface area contributed by atoms with E-state index in [-0.39, 0.29) is 5.91 Å². The van der Waals surface area contributed by atoms with E-state index < -0.39 is 5.54 Å². The summed E-state index contributed by atoms with van der Waals surface area (Å²) in [5.41, 5.74) is 0.190. The first-order chi connectivity index (χ1) is 10.1. The molecule has 2 N–H and O–H groups in total. The van der Waals surface area contributed by atoms with Gasteiger partial charge in [-0.05, 0) is 45.4 Å². The molecular weight excluding hydrogens is 266 g/mol. The van der Waals surface area contributed by atoms with Crippen molar-refractivity contribution >= 4 is 11.6 Å². The first kappa shape index (κ1) is 13.8. The Bertz CT molecular complexity index is 658. The maximum Gasteiger partial charge on any atom is 0.244 e. The molecule has 6 nitrogen and oxygen atoms in total. The molecule has 0 spiro atoms. The number of aromatic nitrogens is 3. The largest absolute Gasteiger partial charge is 0.321 e. The highest BCUT2D eigenvalue weighted by atomic mass is 16.2. The van der Waals surface area contributed by atoms with Gasteiger partial charge in [0.25, 0.3) is 0 Å². The van der Waals surface area contributed by atoms with Crippen molar-refractivity contribution in [1.82, 2.24) is 19.9 Å². The lowest BCUT2D eigenvalue weighted by molar-refractivity contribution is -0.121. The van der Waals surface area contributed by atoms with Crippen LogP contribution < -0.4 is 10.6 Å². The predicted octanol–water partition coefficient (Wildman–Crippen LogP) is 1.66. The van der Waals surface area contributed by atoms with Crippen LogP contribution in [-0.4, -0.2) is 32.5 Å². The minimum atomic E-state index is -0.503. The fourth-order valence-electron chi connectivity index (χ4n) is 2.64. The van der Waals surface area contributed by atoms with Crippen molar-refractivity contribution in [2.75, 3.05) is 11.9 Å². The van der Waals surface area contributed by atoms with Gasteiger partial charge >= 0.3 is 0 Å². The van der Waals surface area contributed by atoms with Crippen molar-refractivity contribution in [3.05, 3.63) is 36.5 Å². The summed E-state index contributed by atoms with van der Waals surface area (Å²) in [5.74, 6) is 1.49. The SMILES string of the molecule is Cc1nccn1-c1ncccc1NC(=O)C1(C)CCCN1. The normalized spacial score (nSPS) is 21.4. The van der Waals surface area contributed by atoms with Gasteiger partial charge in [0.2, 0.25) is 5.91 Å². The van der Waals surface area contributed by atoms with E-state index in [2.05, 4.69) is 20.6 Å². The summed E-state index contributed by atoms with van der Waals surface area (Å²) in [5, 5.41) is 6.26. The van der Waals surface area contributed by atoms with Gasteiger partial charge in [-0.25, -0.2) is 9.97 Å². The molecule has 1 amide bonds. The number of imidazole rings is 1. The van der Waals surface area contributed by atoms with Crippen molar-refractivity contribution in [1.29, 1.82) is 0 Å². The van der Waals surface area contributed by atoms with Gasteiger partial charge in [-0.15, -0.1) is 0 Å². The smallest absolute Gasteiger partial charge is 0.244 e. The monoisotopic (exact) mass is 285 g/mol. The van der Waals surface area contributed by atoms with E-state index in [1.165, 1.54) is 0 Å². The van der Waals surface area contributed by atoms with Crippen LogP contribution in [0.15, 0.2) is 30.7 Å². The third-order valence-electron chi connectivity index (χ3n) is 3.96. The second kappa shape index (κ2) is 5.29.